The lowest BCUT2D eigenvalue weighted by Crippen LogP contribution is -2.17. The Morgan fingerprint density at radius 3 is 2.82 bits per heavy atom. The van der Waals surface area contributed by atoms with Gasteiger partial charge in [0.2, 0.25) is 0 Å². The lowest BCUT2D eigenvalue weighted by molar-refractivity contribution is 0.297. The van der Waals surface area contributed by atoms with Crippen molar-refractivity contribution in [3.63, 3.8) is 0 Å². The monoisotopic (exact) mass is 236 g/mol. The molecule has 1 aliphatic rings. The van der Waals surface area contributed by atoms with E-state index in [4.69, 9.17) is 15.2 Å². The van der Waals surface area contributed by atoms with Gasteiger partial charge in [0.05, 0.1) is 13.2 Å². The van der Waals surface area contributed by atoms with Crippen molar-refractivity contribution in [2.45, 2.75) is 19.4 Å². The largest absolute Gasteiger partial charge is 0.490 e. The summed E-state index contributed by atoms with van der Waals surface area (Å²) in [5, 5.41) is 3.35. The lowest BCUT2D eigenvalue weighted by atomic mass is 10.2. The average molecular weight is 236 g/mol. The fraction of sp³-hybridized carbons (Fsp3) is 0.538. The molecule has 0 atom stereocenters. The van der Waals surface area contributed by atoms with Gasteiger partial charge in [0.15, 0.2) is 11.5 Å². The summed E-state index contributed by atoms with van der Waals surface area (Å²) in [6.45, 7) is 3.99. The fourth-order valence-electron chi connectivity index (χ4n) is 1.78. The van der Waals surface area contributed by atoms with Crippen LogP contribution in [0.5, 0.6) is 11.5 Å². The first-order valence-corrected chi connectivity index (χ1v) is 6.19. The summed E-state index contributed by atoms with van der Waals surface area (Å²) in [6.07, 6.45) is 1.95. The predicted molar refractivity (Wildman–Crippen MR) is 67.4 cm³/mol. The molecule has 94 valence electrons. The van der Waals surface area contributed by atoms with Crippen molar-refractivity contribution in [1.82, 2.24) is 5.32 Å². The summed E-state index contributed by atoms with van der Waals surface area (Å²) in [5.41, 5.74) is 6.65. The SMILES string of the molecule is NCCCNCc1ccc2c(c1)OCCCO2. The number of hydrogen-bond donors (Lipinski definition) is 2. The molecule has 0 amide bonds. The molecule has 4 nitrogen and oxygen atoms in total. The third kappa shape index (κ3) is 3.61. The maximum absolute atomic E-state index is 5.64. The second-order valence-electron chi connectivity index (χ2n) is 4.15. The predicted octanol–water partition coefficient (Wildman–Crippen LogP) is 1.29. The highest BCUT2D eigenvalue weighted by molar-refractivity contribution is 5.43. The van der Waals surface area contributed by atoms with Crippen LogP contribution >= 0.6 is 0 Å². The molecule has 17 heavy (non-hydrogen) atoms. The summed E-state index contributed by atoms with van der Waals surface area (Å²) in [5.74, 6) is 1.72. The van der Waals surface area contributed by atoms with E-state index in [9.17, 15) is 0 Å². The van der Waals surface area contributed by atoms with Crippen molar-refractivity contribution in [3.8, 4) is 11.5 Å². The molecule has 1 aromatic rings. The molecule has 0 bridgehead atoms. The Labute approximate surface area is 102 Å². The number of benzene rings is 1. The first-order chi connectivity index (χ1) is 8.40. The van der Waals surface area contributed by atoms with E-state index in [0.717, 1.165) is 57.2 Å². The first-order valence-electron chi connectivity index (χ1n) is 6.19. The standard InChI is InChI=1S/C13H20N2O2/c14-5-1-6-15-10-11-3-4-12-13(9-11)17-8-2-7-16-12/h3-4,9,15H,1-2,5-8,10,14H2. The van der Waals surface area contributed by atoms with Crippen molar-refractivity contribution in [2.75, 3.05) is 26.3 Å². The third-order valence-electron chi connectivity index (χ3n) is 2.70. The van der Waals surface area contributed by atoms with Gasteiger partial charge in [-0.1, -0.05) is 6.07 Å². The van der Waals surface area contributed by atoms with Crippen LogP contribution in [0.15, 0.2) is 18.2 Å². The van der Waals surface area contributed by atoms with E-state index in [-0.39, 0.29) is 0 Å². The quantitative estimate of drug-likeness (QED) is 0.756. The van der Waals surface area contributed by atoms with Gasteiger partial charge < -0.3 is 20.5 Å². The van der Waals surface area contributed by atoms with Gasteiger partial charge in [0.1, 0.15) is 0 Å². The number of ether oxygens (including phenoxy) is 2. The molecule has 1 aromatic carbocycles. The molecule has 0 saturated heterocycles. The highest BCUT2D eigenvalue weighted by atomic mass is 16.5. The first kappa shape index (κ1) is 12.2. The highest BCUT2D eigenvalue weighted by Crippen LogP contribution is 2.30. The van der Waals surface area contributed by atoms with E-state index in [1.807, 2.05) is 6.07 Å². The van der Waals surface area contributed by atoms with Crippen LogP contribution in [0.25, 0.3) is 0 Å². The van der Waals surface area contributed by atoms with Gasteiger partial charge in [-0.2, -0.15) is 0 Å². The van der Waals surface area contributed by atoms with Gasteiger partial charge in [-0.3, -0.25) is 0 Å². The molecule has 0 fully saturated rings. The Hall–Kier alpha value is -1.26. The number of nitrogens with two attached hydrogens (primary N) is 1. The normalized spacial score (nSPS) is 14.4. The molecule has 0 aromatic heterocycles. The van der Waals surface area contributed by atoms with Crippen LogP contribution in [0.3, 0.4) is 0 Å². The van der Waals surface area contributed by atoms with E-state index < -0.39 is 0 Å². The lowest BCUT2D eigenvalue weighted by Gasteiger charge is -2.10. The Balaban J connectivity index is 1.93. The van der Waals surface area contributed by atoms with Gasteiger partial charge in [-0.05, 0) is 37.2 Å². The van der Waals surface area contributed by atoms with Crippen LogP contribution in [0.4, 0.5) is 0 Å². The molecule has 0 radical (unpaired) electrons. The van der Waals surface area contributed by atoms with Crippen LogP contribution in [-0.4, -0.2) is 26.3 Å². The molecule has 0 unspecified atom stereocenters. The van der Waals surface area contributed by atoms with E-state index in [0.29, 0.717) is 0 Å². The zero-order valence-corrected chi connectivity index (χ0v) is 10.1. The molecule has 0 aliphatic carbocycles. The topological polar surface area (TPSA) is 56.5 Å². The minimum atomic E-state index is 0.730. The minimum absolute atomic E-state index is 0.730. The number of rotatable bonds is 5. The number of hydrogen-bond acceptors (Lipinski definition) is 4. The van der Waals surface area contributed by atoms with Crippen LogP contribution in [0.1, 0.15) is 18.4 Å². The number of nitrogens with one attached hydrogen (secondary N) is 1. The maximum atomic E-state index is 5.64. The fourth-order valence-corrected chi connectivity index (χ4v) is 1.78. The summed E-state index contributed by atoms with van der Waals surface area (Å²) in [4.78, 5) is 0. The minimum Gasteiger partial charge on any atom is -0.490 e. The van der Waals surface area contributed by atoms with E-state index in [1.165, 1.54) is 5.56 Å². The molecular weight excluding hydrogens is 216 g/mol. The molecule has 1 heterocycles. The van der Waals surface area contributed by atoms with Gasteiger partial charge in [-0.25, -0.2) is 0 Å². The van der Waals surface area contributed by atoms with E-state index in [2.05, 4.69) is 17.4 Å². The molecular formula is C13H20N2O2. The Bertz CT molecular complexity index is 355. The Morgan fingerprint density at radius 2 is 2.00 bits per heavy atom. The number of fused-ring (bicyclic) bond motifs is 1. The second kappa shape index (κ2) is 6.47. The second-order valence-corrected chi connectivity index (χ2v) is 4.15. The third-order valence-corrected chi connectivity index (χ3v) is 2.70. The Morgan fingerprint density at radius 1 is 1.18 bits per heavy atom. The van der Waals surface area contributed by atoms with Crippen molar-refractivity contribution in [2.24, 2.45) is 5.73 Å². The summed E-state index contributed by atoms with van der Waals surface area (Å²) >= 11 is 0. The zero-order valence-electron chi connectivity index (χ0n) is 10.1. The molecule has 1 aliphatic heterocycles. The van der Waals surface area contributed by atoms with Crippen molar-refractivity contribution in [1.29, 1.82) is 0 Å². The zero-order chi connectivity index (χ0) is 11.9. The summed E-state index contributed by atoms with van der Waals surface area (Å²) in [6, 6.07) is 6.11. The summed E-state index contributed by atoms with van der Waals surface area (Å²) < 4.78 is 11.2. The molecule has 0 spiro atoms. The van der Waals surface area contributed by atoms with Crippen molar-refractivity contribution >= 4 is 0 Å². The van der Waals surface area contributed by atoms with Crippen LogP contribution in [0, 0.1) is 0 Å². The van der Waals surface area contributed by atoms with E-state index >= 15 is 0 Å². The summed E-state index contributed by atoms with van der Waals surface area (Å²) in [7, 11) is 0. The average Bonchev–Trinajstić information content (AvgIpc) is 2.59. The van der Waals surface area contributed by atoms with Crippen LogP contribution in [-0.2, 0) is 6.54 Å². The van der Waals surface area contributed by atoms with Gasteiger partial charge in [0, 0.05) is 13.0 Å². The van der Waals surface area contributed by atoms with Crippen molar-refractivity contribution < 1.29 is 9.47 Å². The van der Waals surface area contributed by atoms with Crippen LogP contribution < -0.4 is 20.5 Å². The van der Waals surface area contributed by atoms with Gasteiger partial charge in [-0.15, -0.1) is 0 Å². The molecule has 4 heteroatoms. The van der Waals surface area contributed by atoms with Crippen molar-refractivity contribution in [3.05, 3.63) is 23.8 Å². The van der Waals surface area contributed by atoms with Crippen LogP contribution in [0.2, 0.25) is 0 Å². The van der Waals surface area contributed by atoms with E-state index in [1.54, 1.807) is 0 Å². The highest BCUT2D eigenvalue weighted by Gasteiger charge is 2.10. The molecule has 2 rings (SSSR count). The van der Waals surface area contributed by atoms with Gasteiger partial charge in [0.25, 0.3) is 0 Å². The molecule has 3 N–H and O–H groups in total. The van der Waals surface area contributed by atoms with Gasteiger partial charge >= 0.3 is 0 Å². The maximum Gasteiger partial charge on any atom is 0.161 e. The molecule has 0 saturated carbocycles. The Kier molecular flexibility index (Phi) is 4.64. The smallest absolute Gasteiger partial charge is 0.161 e.